The maximum atomic E-state index is 5.77. The second-order valence-electron chi connectivity index (χ2n) is 2.83. The predicted octanol–water partition coefficient (Wildman–Crippen LogP) is 1.27. The number of nitrogens with zero attached hydrogens (tertiary/aromatic N) is 2. The van der Waals surface area contributed by atoms with Crippen LogP contribution >= 0.6 is 0 Å². The monoisotopic (exact) mass is 171 g/mol. The van der Waals surface area contributed by atoms with Gasteiger partial charge >= 0.3 is 0 Å². The van der Waals surface area contributed by atoms with Gasteiger partial charge in [0.15, 0.2) is 0 Å². The molecule has 13 heavy (non-hydrogen) atoms. The lowest BCUT2D eigenvalue weighted by Crippen LogP contribution is -1.87. The molecule has 2 rings (SSSR count). The van der Waals surface area contributed by atoms with Crippen LogP contribution < -0.4 is 5.73 Å². The molecule has 1 aromatic heterocycles. The molecule has 0 atom stereocenters. The molecule has 0 bridgehead atoms. The Balaban J connectivity index is 2.53. The third-order valence-electron chi connectivity index (χ3n) is 1.79. The summed E-state index contributed by atoms with van der Waals surface area (Å²) in [6.45, 7) is 0. The summed E-state index contributed by atoms with van der Waals surface area (Å²) in [6, 6.07) is 11.2. The first kappa shape index (κ1) is 7.69. The summed E-state index contributed by atoms with van der Waals surface area (Å²) < 4.78 is 1.70. The molecule has 1 heterocycles. The van der Waals surface area contributed by atoms with Gasteiger partial charge in [0, 0.05) is 18.8 Å². The van der Waals surface area contributed by atoms with Crippen molar-refractivity contribution < 1.29 is 0 Å². The van der Waals surface area contributed by atoms with Crippen molar-refractivity contribution in [2.45, 2.75) is 0 Å². The first-order chi connectivity index (χ1) is 6.27. The van der Waals surface area contributed by atoms with Gasteiger partial charge in [0.05, 0.1) is 5.69 Å². The smallest absolute Gasteiger partial charge is 0.116 e. The number of hydrogen-bond donors (Lipinski definition) is 1. The Morgan fingerprint density at radius 2 is 2.31 bits per heavy atom. The van der Waals surface area contributed by atoms with Gasteiger partial charge in [0.1, 0.15) is 5.69 Å². The summed E-state index contributed by atoms with van der Waals surface area (Å²) in [7, 11) is 1.85. The standard InChI is InChI=1S/C10H9N3/c1-13-7-9(11)10(12-13)8-5-3-2-4-6-8/h3,5-7H,11H2,1H3. The maximum Gasteiger partial charge on any atom is 0.116 e. The highest BCUT2D eigenvalue weighted by Gasteiger charge is 2.05. The molecule has 0 unspecified atom stereocenters. The molecule has 64 valence electrons. The molecule has 0 spiro atoms. The van der Waals surface area contributed by atoms with Gasteiger partial charge in [-0.2, -0.15) is 5.10 Å². The maximum absolute atomic E-state index is 5.77. The van der Waals surface area contributed by atoms with E-state index in [1.54, 1.807) is 16.9 Å². The highest BCUT2D eigenvalue weighted by molar-refractivity contribution is 5.71. The molecule has 0 aliphatic rings. The van der Waals surface area contributed by atoms with Crippen LogP contribution in [0, 0.1) is 12.1 Å². The van der Waals surface area contributed by atoms with Crippen LogP contribution in [0.25, 0.3) is 11.3 Å². The van der Waals surface area contributed by atoms with Crippen LogP contribution in [0.3, 0.4) is 0 Å². The van der Waals surface area contributed by atoms with Crippen LogP contribution in [-0.4, -0.2) is 9.78 Å². The van der Waals surface area contributed by atoms with Crippen molar-refractivity contribution in [1.29, 1.82) is 0 Å². The second kappa shape index (κ2) is 2.83. The Hall–Kier alpha value is -1.95. The minimum Gasteiger partial charge on any atom is -0.396 e. The molecule has 3 heteroatoms. The number of nitrogens with two attached hydrogens (primary N) is 1. The van der Waals surface area contributed by atoms with Crippen molar-refractivity contribution in [3.8, 4) is 11.3 Å². The van der Waals surface area contributed by atoms with Crippen LogP contribution in [0.1, 0.15) is 0 Å². The number of aromatic nitrogens is 2. The highest BCUT2D eigenvalue weighted by atomic mass is 15.3. The van der Waals surface area contributed by atoms with Gasteiger partial charge in [-0.25, -0.2) is 0 Å². The predicted molar refractivity (Wildman–Crippen MR) is 50.7 cm³/mol. The zero-order chi connectivity index (χ0) is 9.26. The summed E-state index contributed by atoms with van der Waals surface area (Å²) >= 11 is 0. The van der Waals surface area contributed by atoms with E-state index in [1.165, 1.54) is 0 Å². The van der Waals surface area contributed by atoms with Crippen molar-refractivity contribution in [2.24, 2.45) is 7.05 Å². The fraction of sp³-hybridized carbons (Fsp3) is 0.100. The Labute approximate surface area is 76.8 Å². The molecule has 0 radical (unpaired) electrons. The van der Waals surface area contributed by atoms with Gasteiger partial charge in [-0.05, 0) is 18.2 Å². The number of anilines is 1. The molecule has 3 nitrogen and oxygen atoms in total. The number of nitrogen functional groups attached to an aromatic ring is 1. The van der Waals surface area contributed by atoms with E-state index in [0.717, 1.165) is 11.3 Å². The van der Waals surface area contributed by atoms with Gasteiger partial charge in [0.25, 0.3) is 0 Å². The summed E-state index contributed by atoms with van der Waals surface area (Å²) in [5.41, 5.74) is 8.22. The van der Waals surface area contributed by atoms with E-state index in [2.05, 4.69) is 17.2 Å². The fourth-order valence-corrected chi connectivity index (χ4v) is 1.23. The van der Waals surface area contributed by atoms with E-state index in [1.807, 2.05) is 19.2 Å². The first-order valence-corrected chi connectivity index (χ1v) is 3.94. The van der Waals surface area contributed by atoms with E-state index >= 15 is 0 Å². The summed E-state index contributed by atoms with van der Waals surface area (Å²) in [4.78, 5) is 0. The molecule has 0 saturated heterocycles. The van der Waals surface area contributed by atoms with E-state index in [0.29, 0.717) is 5.69 Å². The van der Waals surface area contributed by atoms with Crippen molar-refractivity contribution in [3.05, 3.63) is 36.5 Å². The quantitative estimate of drug-likeness (QED) is 0.702. The van der Waals surface area contributed by atoms with E-state index < -0.39 is 0 Å². The zero-order valence-electron chi connectivity index (χ0n) is 7.28. The van der Waals surface area contributed by atoms with Crippen molar-refractivity contribution in [1.82, 2.24) is 9.78 Å². The minimum atomic E-state index is 0.683. The van der Waals surface area contributed by atoms with Gasteiger partial charge in [-0.1, -0.05) is 12.1 Å². The third-order valence-corrected chi connectivity index (χ3v) is 1.79. The molecule has 0 saturated carbocycles. The van der Waals surface area contributed by atoms with Gasteiger partial charge < -0.3 is 5.73 Å². The van der Waals surface area contributed by atoms with E-state index in [-0.39, 0.29) is 0 Å². The Morgan fingerprint density at radius 3 is 2.85 bits per heavy atom. The molecule has 0 amide bonds. The molecule has 2 N–H and O–H groups in total. The molecular formula is C10H9N3. The number of aryl methyl sites for hydroxylation is 1. The third kappa shape index (κ3) is 1.34. The van der Waals surface area contributed by atoms with Gasteiger partial charge in [-0.15, -0.1) is 0 Å². The van der Waals surface area contributed by atoms with Crippen LogP contribution in [-0.2, 0) is 7.05 Å². The largest absolute Gasteiger partial charge is 0.396 e. The average molecular weight is 171 g/mol. The Kier molecular flexibility index (Phi) is 1.67. The summed E-state index contributed by atoms with van der Waals surface area (Å²) in [5, 5.41) is 4.24. The minimum absolute atomic E-state index is 0.683. The zero-order valence-corrected chi connectivity index (χ0v) is 7.28. The Morgan fingerprint density at radius 1 is 1.46 bits per heavy atom. The molecule has 0 aliphatic carbocycles. The average Bonchev–Trinajstić information content (AvgIpc) is 2.47. The summed E-state index contributed by atoms with van der Waals surface area (Å²) in [5.74, 6) is 0. The molecule has 0 aliphatic heterocycles. The lowest BCUT2D eigenvalue weighted by molar-refractivity contribution is 0.771. The van der Waals surface area contributed by atoms with Crippen LogP contribution in [0.4, 0.5) is 5.69 Å². The van der Waals surface area contributed by atoms with Crippen LogP contribution in [0.5, 0.6) is 0 Å². The Bertz CT molecular complexity index is 403. The second-order valence-corrected chi connectivity index (χ2v) is 2.83. The topological polar surface area (TPSA) is 43.8 Å². The van der Waals surface area contributed by atoms with Gasteiger partial charge in [-0.3, -0.25) is 4.68 Å². The highest BCUT2D eigenvalue weighted by Crippen LogP contribution is 2.21. The normalized spacial score (nSPS) is 9.62. The lowest BCUT2D eigenvalue weighted by Gasteiger charge is -1.93. The molecule has 1 aromatic carbocycles. The van der Waals surface area contributed by atoms with Crippen molar-refractivity contribution in [3.63, 3.8) is 0 Å². The van der Waals surface area contributed by atoms with E-state index in [9.17, 15) is 0 Å². The number of rotatable bonds is 1. The van der Waals surface area contributed by atoms with Crippen LogP contribution in [0.15, 0.2) is 24.4 Å². The number of hydrogen-bond acceptors (Lipinski definition) is 2. The SMILES string of the molecule is Cn1cc(N)c(-c2cc#ccc2)n1. The van der Waals surface area contributed by atoms with Crippen molar-refractivity contribution in [2.75, 3.05) is 5.73 Å². The molecule has 0 fully saturated rings. The molecule has 2 aromatic rings. The van der Waals surface area contributed by atoms with Gasteiger partial charge in [0.2, 0.25) is 0 Å². The lowest BCUT2D eigenvalue weighted by atomic mass is 10.2. The molecular weight excluding hydrogens is 162 g/mol. The van der Waals surface area contributed by atoms with Crippen molar-refractivity contribution >= 4 is 5.69 Å². The fourth-order valence-electron chi connectivity index (χ4n) is 1.23. The summed E-state index contributed by atoms with van der Waals surface area (Å²) in [6.07, 6.45) is 1.78. The van der Waals surface area contributed by atoms with Crippen LogP contribution in [0.2, 0.25) is 0 Å². The first-order valence-electron chi connectivity index (χ1n) is 3.94. The van der Waals surface area contributed by atoms with E-state index in [4.69, 9.17) is 5.73 Å².